The van der Waals surface area contributed by atoms with Gasteiger partial charge in [-0.15, -0.1) is 0 Å². The average Bonchev–Trinajstić information content (AvgIpc) is 2.21. The quantitative estimate of drug-likeness (QED) is 0.643. The highest BCUT2D eigenvalue weighted by molar-refractivity contribution is 7.46. The van der Waals surface area contributed by atoms with Crippen LogP contribution in [0.5, 0.6) is 5.75 Å². The van der Waals surface area contributed by atoms with Crippen molar-refractivity contribution in [1.29, 1.82) is 0 Å². The maximum Gasteiger partial charge on any atom is 0.469 e. The first-order valence-electron chi connectivity index (χ1n) is 6.03. The molecule has 108 valence electrons. The monoisotopic (exact) mass is 288 g/mol. The minimum Gasteiger partial charge on any atom is -0.491 e. The summed E-state index contributed by atoms with van der Waals surface area (Å²) < 4.78 is 20.5. The number of phosphoric ester groups is 1. The van der Waals surface area contributed by atoms with Crippen molar-refractivity contribution >= 4 is 7.82 Å². The molecule has 5 nitrogen and oxygen atoms in total. The van der Waals surface area contributed by atoms with E-state index in [2.05, 4.69) is 25.3 Å². The molecule has 6 heteroatoms. The van der Waals surface area contributed by atoms with Crippen molar-refractivity contribution in [2.45, 2.75) is 33.1 Å². The molecule has 0 amide bonds. The summed E-state index contributed by atoms with van der Waals surface area (Å²) in [6, 6.07) is 5.94. The zero-order valence-corrected chi connectivity index (χ0v) is 12.6. The first-order valence-corrected chi connectivity index (χ1v) is 7.56. The van der Waals surface area contributed by atoms with Gasteiger partial charge in [0.2, 0.25) is 0 Å². The summed E-state index contributed by atoms with van der Waals surface area (Å²) in [5.41, 5.74) is 2.06. The molecule has 0 aliphatic heterocycles. The maximum absolute atomic E-state index is 10.5. The van der Waals surface area contributed by atoms with E-state index in [1.807, 2.05) is 25.1 Å². The van der Waals surface area contributed by atoms with Gasteiger partial charge in [-0.05, 0) is 29.5 Å². The SMILES string of the molecule is Cc1ccc(C(C)(C)C)c(OCCOP(=O)(O)O)c1. The number of hydrogen-bond donors (Lipinski definition) is 2. The van der Waals surface area contributed by atoms with Gasteiger partial charge in [0.1, 0.15) is 12.4 Å². The first-order chi connectivity index (χ1) is 8.59. The topological polar surface area (TPSA) is 76.0 Å². The molecule has 0 saturated carbocycles. The summed E-state index contributed by atoms with van der Waals surface area (Å²) in [5.74, 6) is 0.724. The van der Waals surface area contributed by atoms with E-state index >= 15 is 0 Å². The average molecular weight is 288 g/mol. The number of aryl methyl sites for hydroxylation is 1. The van der Waals surface area contributed by atoms with Crippen LogP contribution >= 0.6 is 7.82 Å². The van der Waals surface area contributed by atoms with Crippen LogP contribution in [0.1, 0.15) is 31.9 Å². The fourth-order valence-electron chi connectivity index (χ4n) is 1.68. The predicted octanol–water partition coefficient (Wildman–Crippen LogP) is 2.78. The van der Waals surface area contributed by atoms with Crippen LogP contribution in [0.25, 0.3) is 0 Å². The Morgan fingerprint density at radius 3 is 2.37 bits per heavy atom. The van der Waals surface area contributed by atoms with Crippen LogP contribution in [0.3, 0.4) is 0 Å². The lowest BCUT2D eigenvalue weighted by molar-refractivity contribution is 0.159. The standard InChI is InChI=1S/C13H21O5P/c1-10-5-6-11(13(2,3)4)12(9-10)17-7-8-18-19(14,15)16/h5-6,9H,7-8H2,1-4H3,(H2,14,15,16). The Kier molecular flexibility index (Phi) is 5.16. The summed E-state index contributed by atoms with van der Waals surface area (Å²) in [5, 5.41) is 0. The fourth-order valence-corrected chi connectivity index (χ4v) is 1.99. The summed E-state index contributed by atoms with van der Waals surface area (Å²) in [6.07, 6.45) is 0. The third kappa shape index (κ3) is 5.74. The van der Waals surface area contributed by atoms with Crippen LogP contribution in [-0.4, -0.2) is 23.0 Å². The lowest BCUT2D eigenvalue weighted by Gasteiger charge is -2.23. The van der Waals surface area contributed by atoms with Crippen molar-refractivity contribution in [3.8, 4) is 5.75 Å². The van der Waals surface area contributed by atoms with Crippen molar-refractivity contribution in [3.05, 3.63) is 29.3 Å². The summed E-state index contributed by atoms with van der Waals surface area (Å²) >= 11 is 0. The molecule has 0 heterocycles. The van der Waals surface area contributed by atoms with Gasteiger partial charge in [0, 0.05) is 0 Å². The normalized spacial score (nSPS) is 12.5. The van der Waals surface area contributed by atoms with Gasteiger partial charge in [-0.25, -0.2) is 4.57 Å². The third-order valence-corrected chi connectivity index (χ3v) is 3.06. The fraction of sp³-hybridized carbons (Fsp3) is 0.538. The Morgan fingerprint density at radius 2 is 1.84 bits per heavy atom. The van der Waals surface area contributed by atoms with Crippen molar-refractivity contribution in [1.82, 2.24) is 0 Å². The zero-order chi connectivity index (χ0) is 14.7. The second kappa shape index (κ2) is 6.06. The van der Waals surface area contributed by atoms with Crippen molar-refractivity contribution < 1.29 is 23.6 Å². The summed E-state index contributed by atoms with van der Waals surface area (Å²) in [7, 11) is -4.42. The van der Waals surface area contributed by atoms with Crippen LogP contribution in [0.2, 0.25) is 0 Å². The molecular weight excluding hydrogens is 267 g/mol. The third-order valence-electron chi connectivity index (χ3n) is 2.55. The number of ether oxygens (including phenoxy) is 1. The molecule has 0 aliphatic rings. The van der Waals surface area contributed by atoms with Crippen LogP contribution < -0.4 is 4.74 Å². The van der Waals surface area contributed by atoms with Gasteiger partial charge in [-0.3, -0.25) is 4.52 Å². The largest absolute Gasteiger partial charge is 0.491 e. The highest BCUT2D eigenvalue weighted by Gasteiger charge is 2.19. The van der Waals surface area contributed by atoms with Crippen LogP contribution in [-0.2, 0) is 14.5 Å². The van der Waals surface area contributed by atoms with E-state index in [1.165, 1.54) is 0 Å². The molecule has 0 fully saturated rings. The molecule has 1 rings (SSSR count). The molecule has 0 saturated heterocycles. The van der Waals surface area contributed by atoms with E-state index in [1.54, 1.807) is 0 Å². The molecule has 0 radical (unpaired) electrons. The Morgan fingerprint density at radius 1 is 1.21 bits per heavy atom. The van der Waals surface area contributed by atoms with Gasteiger partial charge in [0.25, 0.3) is 0 Å². The molecule has 0 unspecified atom stereocenters. The van der Waals surface area contributed by atoms with E-state index in [4.69, 9.17) is 14.5 Å². The van der Waals surface area contributed by atoms with Gasteiger partial charge in [0.15, 0.2) is 0 Å². The minimum atomic E-state index is -4.42. The molecule has 0 atom stereocenters. The van der Waals surface area contributed by atoms with E-state index < -0.39 is 7.82 Å². The van der Waals surface area contributed by atoms with E-state index in [-0.39, 0.29) is 18.6 Å². The highest BCUT2D eigenvalue weighted by Crippen LogP contribution is 2.36. The van der Waals surface area contributed by atoms with E-state index in [9.17, 15) is 4.57 Å². The number of hydrogen-bond acceptors (Lipinski definition) is 3. The maximum atomic E-state index is 10.5. The van der Waals surface area contributed by atoms with Crippen LogP contribution in [0.4, 0.5) is 0 Å². The van der Waals surface area contributed by atoms with Crippen molar-refractivity contribution in [2.24, 2.45) is 0 Å². The summed E-state index contributed by atoms with van der Waals surface area (Å²) in [4.78, 5) is 17.2. The molecule has 0 bridgehead atoms. The smallest absolute Gasteiger partial charge is 0.469 e. The second-order valence-corrected chi connectivity index (χ2v) is 6.66. The van der Waals surface area contributed by atoms with E-state index in [0.29, 0.717) is 0 Å². The number of phosphoric acid groups is 1. The zero-order valence-electron chi connectivity index (χ0n) is 11.7. The van der Waals surface area contributed by atoms with Crippen molar-refractivity contribution in [2.75, 3.05) is 13.2 Å². The van der Waals surface area contributed by atoms with Gasteiger partial charge >= 0.3 is 7.82 Å². The second-order valence-electron chi connectivity index (χ2n) is 5.42. The molecule has 1 aromatic carbocycles. The molecule has 0 spiro atoms. The van der Waals surface area contributed by atoms with E-state index in [0.717, 1.165) is 16.9 Å². The Hall–Kier alpha value is -0.870. The highest BCUT2D eigenvalue weighted by atomic mass is 31.2. The molecule has 19 heavy (non-hydrogen) atoms. The van der Waals surface area contributed by atoms with Crippen molar-refractivity contribution in [3.63, 3.8) is 0 Å². The Bertz CT molecular complexity index is 472. The molecular formula is C13H21O5P. The molecule has 1 aromatic rings. The van der Waals surface area contributed by atoms with Gasteiger partial charge in [-0.2, -0.15) is 0 Å². The number of benzene rings is 1. The Balaban J connectivity index is 2.72. The predicted molar refractivity (Wildman–Crippen MR) is 73.4 cm³/mol. The minimum absolute atomic E-state index is 0.0624. The first kappa shape index (κ1) is 16.2. The summed E-state index contributed by atoms with van der Waals surface area (Å²) in [6.45, 7) is 8.15. The molecule has 0 aliphatic carbocycles. The van der Waals surface area contributed by atoms with Gasteiger partial charge < -0.3 is 14.5 Å². The lowest BCUT2D eigenvalue weighted by Crippen LogP contribution is -2.15. The Labute approximate surface area is 113 Å². The molecule has 2 N–H and O–H groups in total. The van der Waals surface area contributed by atoms with Crippen LogP contribution in [0, 0.1) is 6.92 Å². The van der Waals surface area contributed by atoms with Gasteiger partial charge in [-0.1, -0.05) is 32.9 Å². The van der Waals surface area contributed by atoms with Crippen LogP contribution in [0.15, 0.2) is 18.2 Å². The molecule has 0 aromatic heterocycles. The number of rotatable bonds is 5. The lowest BCUT2D eigenvalue weighted by atomic mass is 9.86. The van der Waals surface area contributed by atoms with Gasteiger partial charge in [0.05, 0.1) is 6.61 Å².